The predicted octanol–water partition coefficient (Wildman–Crippen LogP) is 1.46. The maximum absolute atomic E-state index is 12.6. The molecule has 0 radical (unpaired) electrons. The van der Waals surface area contributed by atoms with Crippen LogP contribution in [0.15, 0.2) is 36.5 Å². The minimum atomic E-state index is 0.0314. The van der Waals surface area contributed by atoms with Crippen LogP contribution in [-0.2, 0) is 0 Å². The van der Waals surface area contributed by atoms with Crippen LogP contribution >= 0.6 is 0 Å². The van der Waals surface area contributed by atoms with Crippen LogP contribution in [0.25, 0.3) is 0 Å². The van der Waals surface area contributed by atoms with E-state index in [-0.39, 0.29) is 5.91 Å². The maximum Gasteiger partial charge on any atom is 0.253 e. The highest BCUT2D eigenvalue weighted by Crippen LogP contribution is 2.17. The average Bonchev–Trinajstić information content (AvgIpc) is 2.67. The van der Waals surface area contributed by atoms with E-state index in [1.54, 1.807) is 50.7 Å². The van der Waals surface area contributed by atoms with E-state index < -0.39 is 0 Å². The molecule has 7 heteroatoms. The number of benzene rings is 1. The molecule has 1 fully saturated rings. The van der Waals surface area contributed by atoms with Crippen LogP contribution in [-0.4, -0.2) is 61.2 Å². The third-order valence-corrected chi connectivity index (χ3v) is 4.01. The summed E-state index contributed by atoms with van der Waals surface area (Å²) in [6.07, 6.45) is 1.68. The van der Waals surface area contributed by atoms with Gasteiger partial charge in [-0.05, 0) is 24.3 Å². The molecule has 0 spiro atoms. The lowest BCUT2D eigenvalue weighted by Crippen LogP contribution is -2.49. The van der Waals surface area contributed by atoms with Crippen molar-refractivity contribution in [2.75, 3.05) is 45.3 Å². The van der Waals surface area contributed by atoms with Crippen molar-refractivity contribution in [2.45, 2.75) is 0 Å². The van der Waals surface area contributed by atoms with Crippen molar-refractivity contribution in [1.29, 1.82) is 0 Å². The van der Waals surface area contributed by atoms with E-state index >= 15 is 0 Å². The van der Waals surface area contributed by atoms with E-state index in [4.69, 9.17) is 9.47 Å². The Hall–Kier alpha value is -2.83. The van der Waals surface area contributed by atoms with E-state index in [0.717, 1.165) is 5.75 Å². The van der Waals surface area contributed by atoms with Crippen molar-refractivity contribution in [3.63, 3.8) is 0 Å². The van der Waals surface area contributed by atoms with Crippen molar-refractivity contribution in [1.82, 2.24) is 14.9 Å². The minimum absolute atomic E-state index is 0.0314. The number of hydrogen-bond acceptors (Lipinski definition) is 6. The smallest absolute Gasteiger partial charge is 0.253 e. The zero-order valence-corrected chi connectivity index (χ0v) is 13.8. The molecule has 0 unspecified atom stereocenters. The Bertz CT molecular complexity index is 697. The zero-order chi connectivity index (χ0) is 16.9. The summed E-state index contributed by atoms with van der Waals surface area (Å²) < 4.78 is 10.2. The van der Waals surface area contributed by atoms with Gasteiger partial charge in [-0.25, -0.2) is 4.98 Å². The summed E-state index contributed by atoms with van der Waals surface area (Å²) in [5.74, 6) is 1.94. The van der Waals surface area contributed by atoms with Crippen LogP contribution in [0.2, 0.25) is 0 Å². The zero-order valence-electron chi connectivity index (χ0n) is 13.8. The molecule has 24 heavy (non-hydrogen) atoms. The summed E-state index contributed by atoms with van der Waals surface area (Å²) in [4.78, 5) is 25.1. The Morgan fingerprint density at radius 1 is 1.00 bits per heavy atom. The third kappa shape index (κ3) is 3.40. The molecule has 1 aromatic carbocycles. The SMILES string of the molecule is COc1ccc(C(=O)N2CCN(c3nccc(OC)n3)CC2)cc1. The van der Waals surface area contributed by atoms with Crippen molar-refractivity contribution in [3.8, 4) is 11.6 Å². The van der Waals surface area contributed by atoms with Gasteiger partial charge in [-0.3, -0.25) is 4.79 Å². The topological polar surface area (TPSA) is 67.8 Å². The normalized spacial score (nSPS) is 14.4. The van der Waals surface area contributed by atoms with E-state index in [9.17, 15) is 4.79 Å². The second-order valence-electron chi connectivity index (χ2n) is 5.41. The molecule has 1 aliphatic rings. The lowest BCUT2D eigenvalue weighted by atomic mass is 10.1. The summed E-state index contributed by atoms with van der Waals surface area (Å²) in [5.41, 5.74) is 0.668. The van der Waals surface area contributed by atoms with Gasteiger partial charge in [-0.2, -0.15) is 4.98 Å². The van der Waals surface area contributed by atoms with Gasteiger partial charge in [0.1, 0.15) is 5.75 Å². The summed E-state index contributed by atoms with van der Waals surface area (Å²) in [7, 11) is 3.19. The van der Waals surface area contributed by atoms with Gasteiger partial charge in [0.25, 0.3) is 5.91 Å². The molecule has 2 aromatic rings. The van der Waals surface area contributed by atoms with Gasteiger partial charge in [0.15, 0.2) is 0 Å². The van der Waals surface area contributed by atoms with Crippen LogP contribution in [0.4, 0.5) is 5.95 Å². The van der Waals surface area contributed by atoms with Gasteiger partial charge in [0.2, 0.25) is 11.8 Å². The molecular weight excluding hydrogens is 308 g/mol. The van der Waals surface area contributed by atoms with Crippen LogP contribution in [0.5, 0.6) is 11.6 Å². The number of amides is 1. The number of rotatable bonds is 4. The monoisotopic (exact) mass is 328 g/mol. The first-order valence-corrected chi connectivity index (χ1v) is 7.76. The first-order chi connectivity index (χ1) is 11.7. The lowest BCUT2D eigenvalue weighted by molar-refractivity contribution is 0.0746. The van der Waals surface area contributed by atoms with Gasteiger partial charge in [-0.15, -0.1) is 0 Å². The number of methoxy groups -OCH3 is 2. The summed E-state index contributed by atoms with van der Waals surface area (Å²) in [6, 6.07) is 8.89. The Kier molecular flexibility index (Phi) is 4.79. The molecule has 126 valence electrons. The highest BCUT2D eigenvalue weighted by molar-refractivity contribution is 5.94. The average molecular weight is 328 g/mol. The molecular formula is C17H20N4O3. The summed E-state index contributed by atoms with van der Waals surface area (Å²) in [6.45, 7) is 2.64. The molecule has 2 heterocycles. The molecule has 1 saturated heterocycles. The van der Waals surface area contributed by atoms with Crippen molar-refractivity contribution >= 4 is 11.9 Å². The quantitative estimate of drug-likeness (QED) is 0.846. The molecule has 0 N–H and O–H groups in total. The number of aromatic nitrogens is 2. The van der Waals surface area contributed by atoms with E-state index in [2.05, 4.69) is 14.9 Å². The molecule has 1 aliphatic heterocycles. The van der Waals surface area contributed by atoms with Crippen LogP contribution in [0.1, 0.15) is 10.4 Å². The van der Waals surface area contributed by atoms with E-state index in [0.29, 0.717) is 43.6 Å². The number of hydrogen-bond donors (Lipinski definition) is 0. The molecule has 0 bridgehead atoms. The summed E-state index contributed by atoms with van der Waals surface area (Å²) in [5, 5.41) is 0. The molecule has 0 aliphatic carbocycles. The second kappa shape index (κ2) is 7.16. The minimum Gasteiger partial charge on any atom is -0.497 e. The van der Waals surface area contributed by atoms with Crippen LogP contribution in [0, 0.1) is 0 Å². The molecule has 0 atom stereocenters. The van der Waals surface area contributed by atoms with Gasteiger partial charge < -0.3 is 19.3 Å². The van der Waals surface area contributed by atoms with Crippen molar-refractivity contribution in [3.05, 3.63) is 42.1 Å². The Morgan fingerprint density at radius 3 is 2.33 bits per heavy atom. The fourth-order valence-corrected chi connectivity index (χ4v) is 2.62. The predicted molar refractivity (Wildman–Crippen MR) is 89.7 cm³/mol. The Morgan fingerprint density at radius 2 is 1.71 bits per heavy atom. The van der Waals surface area contributed by atoms with Crippen LogP contribution in [0.3, 0.4) is 0 Å². The van der Waals surface area contributed by atoms with Gasteiger partial charge in [0, 0.05) is 44.0 Å². The number of ether oxygens (including phenoxy) is 2. The number of carbonyl (C=O) groups excluding carboxylic acids is 1. The second-order valence-corrected chi connectivity index (χ2v) is 5.41. The Balaban J connectivity index is 1.62. The fourth-order valence-electron chi connectivity index (χ4n) is 2.62. The van der Waals surface area contributed by atoms with Crippen LogP contribution < -0.4 is 14.4 Å². The van der Waals surface area contributed by atoms with Gasteiger partial charge in [0.05, 0.1) is 14.2 Å². The largest absolute Gasteiger partial charge is 0.497 e. The Labute approximate surface area is 140 Å². The highest BCUT2D eigenvalue weighted by atomic mass is 16.5. The molecule has 0 saturated carbocycles. The van der Waals surface area contributed by atoms with Gasteiger partial charge >= 0.3 is 0 Å². The van der Waals surface area contributed by atoms with Crippen molar-refractivity contribution < 1.29 is 14.3 Å². The number of nitrogens with zero attached hydrogens (tertiary/aromatic N) is 4. The highest BCUT2D eigenvalue weighted by Gasteiger charge is 2.23. The van der Waals surface area contributed by atoms with E-state index in [1.165, 1.54) is 0 Å². The van der Waals surface area contributed by atoms with Crippen molar-refractivity contribution in [2.24, 2.45) is 0 Å². The number of carbonyl (C=O) groups is 1. The standard InChI is InChI=1S/C17H20N4O3/c1-23-14-5-3-13(4-6-14)16(22)20-9-11-21(12-10-20)17-18-8-7-15(19-17)24-2/h3-8H,9-12H2,1-2H3. The summed E-state index contributed by atoms with van der Waals surface area (Å²) >= 11 is 0. The first kappa shape index (κ1) is 16.0. The fraction of sp³-hybridized carbons (Fsp3) is 0.353. The molecule has 1 aromatic heterocycles. The third-order valence-electron chi connectivity index (χ3n) is 4.01. The molecule has 7 nitrogen and oxygen atoms in total. The number of anilines is 1. The first-order valence-electron chi connectivity index (χ1n) is 7.76. The number of piperazine rings is 1. The van der Waals surface area contributed by atoms with Gasteiger partial charge in [-0.1, -0.05) is 0 Å². The molecule has 1 amide bonds. The maximum atomic E-state index is 12.6. The van der Waals surface area contributed by atoms with E-state index in [1.807, 2.05) is 4.90 Å². The molecule has 3 rings (SSSR count). The lowest BCUT2D eigenvalue weighted by Gasteiger charge is -2.34.